The predicted octanol–water partition coefficient (Wildman–Crippen LogP) is 2.64. The van der Waals surface area contributed by atoms with Gasteiger partial charge in [0.1, 0.15) is 17.3 Å². The number of rotatable bonds is 6. The first-order chi connectivity index (χ1) is 13.5. The second kappa shape index (κ2) is 8.72. The quantitative estimate of drug-likeness (QED) is 0.636. The van der Waals surface area contributed by atoms with E-state index in [1.54, 1.807) is 43.5 Å². The molecule has 3 rings (SSSR count). The molecule has 0 radical (unpaired) electrons. The molecule has 0 saturated carbocycles. The minimum Gasteiger partial charge on any atom is -0.465 e. The zero-order valence-corrected chi connectivity index (χ0v) is 15.5. The molecule has 1 aromatic carbocycles. The summed E-state index contributed by atoms with van der Waals surface area (Å²) in [5, 5.41) is 5.89. The lowest BCUT2D eigenvalue weighted by atomic mass is 10.2. The van der Waals surface area contributed by atoms with Gasteiger partial charge < -0.3 is 15.4 Å². The third kappa shape index (κ3) is 4.88. The molecule has 0 aliphatic carbocycles. The maximum Gasteiger partial charge on any atom is 0.337 e. The second-order valence-corrected chi connectivity index (χ2v) is 5.88. The van der Waals surface area contributed by atoms with Gasteiger partial charge >= 0.3 is 5.97 Å². The standard InChI is InChI=1S/C20H19N5O3/c1-13-23-17(19(26)22-12-16-5-3-4-10-21-16)11-18(24-13)25-15-8-6-14(7-9-15)20(27)28-2/h3-11H,12H2,1-2H3,(H,22,26)(H,23,24,25). The lowest BCUT2D eigenvalue weighted by molar-refractivity contribution is 0.0600. The molecule has 1 amide bonds. The molecule has 0 atom stereocenters. The van der Waals surface area contributed by atoms with Crippen LogP contribution in [0.4, 0.5) is 11.5 Å². The highest BCUT2D eigenvalue weighted by molar-refractivity contribution is 5.93. The minimum atomic E-state index is -0.406. The zero-order chi connectivity index (χ0) is 19.9. The van der Waals surface area contributed by atoms with Crippen molar-refractivity contribution < 1.29 is 14.3 Å². The molecular formula is C20H19N5O3. The molecule has 8 nitrogen and oxygen atoms in total. The summed E-state index contributed by atoms with van der Waals surface area (Å²) in [5.41, 5.74) is 2.16. The second-order valence-electron chi connectivity index (χ2n) is 5.88. The number of nitrogens with one attached hydrogen (secondary N) is 2. The third-order valence-corrected chi connectivity index (χ3v) is 3.81. The van der Waals surface area contributed by atoms with Gasteiger partial charge in [-0.3, -0.25) is 9.78 Å². The van der Waals surface area contributed by atoms with Gasteiger partial charge in [0.2, 0.25) is 0 Å². The molecule has 0 bridgehead atoms. The van der Waals surface area contributed by atoms with Crippen molar-refractivity contribution in [3.05, 3.63) is 77.5 Å². The van der Waals surface area contributed by atoms with E-state index in [1.807, 2.05) is 18.2 Å². The number of amides is 1. The number of hydrogen-bond acceptors (Lipinski definition) is 7. The first-order valence-corrected chi connectivity index (χ1v) is 8.54. The lowest BCUT2D eigenvalue weighted by Crippen LogP contribution is -2.24. The van der Waals surface area contributed by atoms with Gasteiger partial charge in [-0.15, -0.1) is 0 Å². The first-order valence-electron chi connectivity index (χ1n) is 8.54. The van der Waals surface area contributed by atoms with Crippen LogP contribution in [-0.4, -0.2) is 33.9 Å². The minimum absolute atomic E-state index is 0.247. The van der Waals surface area contributed by atoms with Crippen LogP contribution in [0.3, 0.4) is 0 Å². The highest BCUT2D eigenvalue weighted by Crippen LogP contribution is 2.17. The third-order valence-electron chi connectivity index (χ3n) is 3.81. The predicted molar refractivity (Wildman–Crippen MR) is 103 cm³/mol. The molecule has 0 fully saturated rings. The van der Waals surface area contributed by atoms with Crippen molar-refractivity contribution in [3.63, 3.8) is 0 Å². The number of carbonyl (C=O) groups excluding carboxylic acids is 2. The van der Waals surface area contributed by atoms with Crippen LogP contribution in [-0.2, 0) is 11.3 Å². The van der Waals surface area contributed by atoms with Gasteiger partial charge in [-0.25, -0.2) is 14.8 Å². The SMILES string of the molecule is COC(=O)c1ccc(Nc2cc(C(=O)NCc3ccccn3)nc(C)n2)cc1. The molecule has 0 spiro atoms. The number of benzene rings is 1. The normalized spacial score (nSPS) is 10.2. The topological polar surface area (TPSA) is 106 Å². The Hall–Kier alpha value is -3.81. The molecule has 8 heteroatoms. The Morgan fingerprint density at radius 2 is 1.86 bits per heavy atom. The Kier molecular flexibility index (Phi) is 5.91. The Balaban J connectivity index is 1.70. The Morgan fingerprint density at radius 3 is 2.54 bits per heavy atom. The van der Waals surface area contributed by atoms with Crippen LogP contribution < -0.4 is 10.6 Å². The molecule has 2 aromatic heterocycles. The van der Waals surface area contributed by atoms with Crippen LogP contribution in [0.5, 0.6) is 0 Å². The summed E-state index contributed by atoms with van der Waals surface area (Å²) in [6, 6.07) is 13.8. The molecule has 28 heavy (non-hydrogen) atoms. The van der Waals surface area contributed by atoms with E-state index in [9.17, 15) is 9.59 Å². The zero-order valence-electron chi connectivity index (χ0n) is 15.5. The molecule has 142 valence electrons. The Bertz CT molecular complexity index is 975. The van der Waals surface area contributed by atoms with Gasteiger partial charge in [0.05, 0.1) is 24.9 Å². The van der Waals surface area contributed by atoms with E-state index in [0.717, 1.165) is 5.69 Å². The number of hydrogen-bond donors (Lipinski definition) is 2. The first kappa shape index (κ1) is 19.0. The number of carbonyl (C=O) groups is 2. The number of aromatic nitrogens is 3. The Morgan fingerprint density at radius 1 is 1.07 bits per heavy atom. The summed E-state index contributed by atoms with van der Waals surface area (Å²) in [4.78, 5) is 36.6. The summed E-state index contributed by atoms with van der Waals surface area (Å²) in [6.45, 7) is 2.02. The summed E-state index contributed by atoms with van der Waals surface area (Å²) < 4.78 is 4.68. The molecule has 0 aliphatic heterocycles. The molecule has 0 aliphatic rings. The van der Waals surface area contributed by atoms with E-state index in [-0.39, 0.29) is 11.6 Å². The number of methoxy groups -OCH3 is 1. The number of nitrogens with zero attached hydrogens (tertiary/aromatic N) is 3. The molecule has 0 unspecified atom stereocenters. The van der Waals surface area contributed by atoms with Gasteiger partial charge in [0.25, 0.3) is 5.91 Å². The van der Waals surface area contributed by atoms with Crippen molar-refractivity contribution in [2.24, 2.45) is 0 Å². The molecule has 2 heterocycles. The van der Waals surface area contributed by atoms with Crippen LogP contribution in [0.2, 0.25) is 0 Å². The highest BCUT2D eigenvalue weighted by atomic mass is 16.5. The van der Waals surface area contributed by atoms with Gasteiger partial charge in [0.15, 0.2) is 0 Å². The van der Waals surface area contributed by atoms with Crippen LogP contribution in [0.25, 0.3) is 0 Å². The molecule has 0 saturated heterocycles. The van der Waals surface area contributed by atoms with Crippen molar-refractivity contribution in [2.75, 3.05) is 12.4 Å². The van der Waals surface area contributed by atoms with E-state index in [2.05, 4.69) is 30.3 Å². The molecular weight excluding hydrogens is 358 g/mol. The van der Waals surface area contributed by atoms with Crippen molar-refractivity contribution in [1.29, 1.82) is 0 Å². The monoisotopic (exact) mass is 377 g/mol. The van der Waals surface area contributed by atoms with Crippen molar-refractivity contribution >= 4 is 23.4 Å². The lowest BCUT2D eigenvalue weighted by Gasteiger charge is -2.09. The average Bonchev–Trinajstić information content (AvgIpc) is 2.72. The maximum absolute atomic E-state index is 12.4. The van der Waals surface area contributed by atoms with Crippen molar-refractivity contribution in [1.82, 2.24) is 20.3 Å². The van der Waals surface area contributed by atoms with Gasteiger partial charge in [-0.2, -0.15) is 0 Å². The van der Waals surface area contributed by atoms with E-state index in [1.165, 1.54) is 7.11 Å². The van der Waals surface area contributed by atoms with E-state index < -0.39 is 5.97 Å². The van der Waals surface area contributed by atoms with Crippen LogP contribution in [0.1, 0.15) is 32.4 Å². The number of anilines is 2. The average molecular weight is 377 g/mol. The van der Waals surface area contributed by atoms with E-state index in [4.69, 9.17) is 0 Å². The highest BCUT2D eigenvalue weighted by Gasteiger charge is 2.11. The maximum atomic E-state index is 12.4. The summed E-state index contributed by atoms with van der Waals surface area (Å²) in [7, 11) is 1.33. The van der Waals surface area contributed by atoms with E-state index in [0.29, 0.717) is 29.4 Å². The van der Waals surface area contributed by atoms with Crippen LogP contribution >= 0.6 is 0 Å². The largest absolute Gasteiger partial charge is 0.465 e. The van der Waals surface area contributed by atoms with E-state index >= 15 is 0 Å². The summed E-state index contributed by atoms with van der Waals surface area (Å²) in [6.07, 6.45) is 1.67. The summed E-state index contributed by atoms with van der Waals surface area (Å²) >= 11 is 0. The smallest absolute Gasteiger partial charge is 0.337 e. The van der Waals surface area contributed by atoms with Gasteiger partial charge in [-0.1, -0.05) is 6.07 Å². The fourth-order valence-electron chi connectivity index (χ4n) is 2.47. The van der Waals surface area contributed by atoms with Gasteiger partial charge in [-0.05, 0) is 43.3 Å². The number of esters is 1. The summed E-state index contributed by atoms with van der Waals surface area (Å²) in [5.74, 6) is 0.206. The van der Waals surface area contributed by atoms with Crippen LogP contribution in [0.15, 0.2) is 54.7 Å². The fourth-order valence-corrected chi connectivity index (χ4v) is 2.47. The fraction of sp³-hybridized carbons (Fsp3) is 0.150. The van der Waals surface area contributed by atoms with Gasteiger partial charge in [0, 0.05) is 18.0 Å². The van der Waals surface area contributed by atoms with Crippen molar-refractivity contribution in [2.45, 2.75) is 13.5 Å². The molecule has 2 N–H and O–H groups in total. The molecule has 3 aromatic rings. The van der Waals surface area contributed by atoms with Crippen LogP contribution in [0, 0.1) is 6.92 Å². The number of pyridine rings is 1. The Labute approximate surface area is 162 Å². The van der Waals surface area contributed by atoms with Crippen molar-refractivity contribution in [3.8, 4) is 0 Å². The number of aryl methyl sites for hydroxylation is 1. The number of ether oxygens (including phenoxy) is 1.